The molecule has 2 unspecified atom stereocenters. The van der Waals surface area contributed by atoms with Crippen molar-refractivity contribution in [3.63, 3.8) is 0 Å². The Kier molecular flexibility index (Phi) is 5.67. The van der Waals surface area contributed by atoms with Gasteiger partial charge in [-0.1, -0.05) is 36.4 Å². The van der Waals surface area contributed by atoms with Crippen LogP contribution in [0.1, 0.15) is 36.2 Å². The summed E-state index contributed by atoms with van der Waals surface area (Å²) in [5.74, 6) is 0.150. The molecule has 5 aromatic rings. The molecule has 0 aliphatic rings. The zero-order valence-electron chi connectivity index (χ0n) is 19.2. The highest BCUT2D eigenvalue weighted by Crippen LogP contribution is 2.31. The van der Waals surface area contributed by atoms with Crippen LogP contribution in [0.3, 0.4) is 0 Å². The van der Waals surface area contributed by atoms with Crippen molar-refractivity contribution >= 4 is 27.7 Å². The van der Waals surface area contributed by atoms with Gasteiger partial charge in [0, 0.05) is 46.7 Å². The maximum absolute atomic E-state index is 12.1. The molecule has 8 nitrogen and oxygen atoms in total. The Bertz CT molecular complexity index is 1440. The molecule has 6 N–H and O–H groups in total. The maximum atomic E-state index is 12.1. The molecule has 2 aromatic carbocycles. The topological polar surface area (TPSA) is 131 Å². The average molecular weight is 456 g/mol. The van der Waals surface area contributed by atoms with Crippen LogP contribution in [-0.2, 0) is 24.2 Å². The molecule has 0 fully saturated rings. The van der Waals surface area contributed by atoms with Crippen LogP contribution in [0.15, 0.2) is 67.3 Å². The van der Waals surface area contributed by atoms with Gasteiger partial charge >= 0.3 is 0 Å². The molecule has 1 amide bonds. The summed E-state index contributed by atoms with van der Waals surface area (Å²) in [6.45, 7) is 2.40. The summed E-state index contributed by atoms with van der Waals surface area (Å²) in [7, 11) is 0. The van der Waals surface area contributed by atoms with Gasteiger partial charge in [-0.25, -0.2) is 0 Å². The lowest BCUT2D eigenvalue weighted by atomic mass is 9.84. The van der Waals surface area contributed by atoms with Crippen molar-refractivity contribution in [3.8, 4) is 0 Å². The van der Waals surface area contributed by atoms with Gasteiger partial charge in [-0.15, -0.1) is 10.2 Å². The third-order valence-corrected chi connectivity index (χ3v) is 6.68. The van der Waals surface area contributed by atoms with Crippen LogP contribution in [0.2, 0.25) is 0 Å². The van der Waals surface area contributed by atoms with Crippen molar-refractivity contribution < 1.29 is 4.79 Å². The number of rotatable bonds is 9. The van der Waals surface area contributed by atoms with Crippen molar-refractivity contribution in [1.29, 1.82) is 0 Å². The number of fused-ring (bicyclic) bond motifs is 2. The smallest absolute Gasteiger partial charge is 0.237 e. The highest BCUT2D eigenvalue weighted by molar-refractivity contribution is 5.85. The van der Waals surface area contributed by atoms with Gasteiger partial charge in [0.1, 0.15) is 12.2 Å². The fourth-order valence-corrected chi connectivity index (χ4v) is 4.76. The summed E-state index contributed by atoms with van der Waals surface area (Å²) < 4.78 is 2.07. The van der Waals surface area contributed by atoms with Gasteiger partial charge in [0.15, 0.2) is 0 Å². The van der Waals surface area contributed by atoms with E-state index in [1.807, 2.05) is 36.5 Å². The minimum absolute atomic E-state index is 0.132. The van der Waals surface area contributed by atoms with E-state index >= 15 is 0 Å². The van der Waals surface area contributed by atoms with E-state index in [4.69, 9.17) is 11.5 Å². The predicted octanol–water partition coefficient (Wildman–Crippen LogP) is 3.40. The zero-order valence-corrected chi connectivity index (χ0v) is 19.2. The molecule has 174 valence electrons. The first-order valence-electron chi connectivity index (χ1n) is 11.5. The molecule has 0 saturated carbocycles. The van der Waals surface area contributed by atoms with Crippen molar-refractivity contribution in [2.45, 2.75) is 44.2 Å². The average Bonchev–Trinajstić information content (AvgIpc) is 3.56. The van der Waals surface area contributed by atoms with Gasteiger partial charge in [-0.2, -0.15) is 0 Å². The molecule has 0 radical (unpaired) electrons. The lowest BCUT2D eigenvalue weighted by molar-refractivity contribution is -0.122. The molecular weight excluding hydrogens is 426 g/mol. The Labute approximate surface area is 197 Å². The van der Waals surface area contributed by atoms with E-state index in [0.717, 1.165) is 34.2 Å². The molecule has 0 aliphatic heterocycles. The van der Waals surface area contributed by atoms with Gasteiger partial charge in [0.25, 0.3) is 0 Å². The number of amides is 1. The Hall–Kier alpha value is -3.91. The highest BCUT2D eigenvalue weighted by atomic mass is 16.1. The number of carbonyl (C=O) groups excluding carboxylic acids is 1. The molecule has 8 heteroatoms. The number of hydrogen-bond acceptors (Lipinski definition) is 4. The standard InChI is InChI=1S/C26H29N7O/c1-26(28,25(27)34)13-18(12-19-15-30-23-9-5-3-7-21(19)23)24-32-31-16-33(24)11-10-17-14-29-22-8-4-2-6-20(17)22/h2-9,14-16,18,29-30H,10-13,28H2,1H3,(H2,27,34). The highest BCUT2D eigenvalue weighted by Gasteiger charge is 2.33. The molecule has 34 heavy (non-hydrogen) atoms. The summed E-state index contributed by atoms with van der Waals surface area (Å²) in [6.07, 6.45) is 7.68. The van der Waals surface area contributed by atoms with Gasteiger partial charge in [0.2, 0.25) is 5.91 Å². The monoisotopic (exact) mass is 455 g/mol. The number of aromatic amines is 2. The van der Waals surface area contributed by atoms with E-state index in [1.165, 1.54) is 10.9 Å². The number of primary amides is 1. The number of hydrogen-bond donors (Lipinski definition) is 4. The third-order valence-electron chi connectivity index (χ3n) is 6.68. The van der Waals surface area contributed by atoms with Gasteiger partial charge in [-0.3, -0.25) is 4.79 Å². The number of benzene rings is 2. The Morgan fingerprint density at radius 1 is 1.03 bits per heavy atom. The van der Waals surface area contributed by atoms with Crippen molar-refractivity contribution in [3.05, 3.63) is 84.2 Å². The van der Waals surface area contributed by atoms with Crippen molar-refractivity contribution in [2.75, 3.05) is 0 Å². The second-order valence-corrected chi connectivity index (χ2v) is 9.24. The first-order chi connectivity index (χ1) is 16.4. The number of aromatic nitrogens is 5. The van der Waals surface area contributed by atoms with Gasteiger partial charge in [-0.05, 0) is 49.4 Å². The Morgan fingerprint density at radius 3 is 2.32 bits per heavy atom. The first kappa shape index (κ1) is 21.9. The SMILES string of the molecule is CC(N)(CC(Cc1c[nH]c2ccccc12)c1nncn1CCc1c[nH]c2ccccc12)C(N)=O. The first-order valence-corrected chi connectivity index (χ1v) is 11.5. The number of nitrogens with zero attached hydrogens (tertiary/aromatic N) is 3. The van der Waals surface area contributed by atoms with Crippen molar-refractivity contribution in [1.82, 2.24) is 24.7 Å². The third kappa shape index (κ3) is 4.20. The summed E-state index contributed by atoms with van der Waals surface area (Å²) in [6, 6.07) is 16.4. The molecule has 3 heterocycles. The summed E-state index contributed by atoms with van der Waals surface area (Å²) in [5.41, 5.74) is 15.4. The number of para-hydroxylation sites is 2. The summed E-state index contributed by atoms with van der Waals surface area (Å²) >= 11 is 0. The molecular formula is C26H29N7O. The molecule has 5 rings (SSSR count). The zero-order chi connectivity index (χ0) is 23.7. The molecule has 0 aliphatic carbocycles. The van der Waals surface area contributed by atoms with Gasteiger partial charge in [0.05, 0.1) is 5.54 Å². The maximum Gasteiger partial charge on any atom is 0.237 e. The molecule has 3 aromatic heterocycles. The normalized spacial score (nSPS) is 14.4. The van der Waals surface area contributed by atoms with Crippen LogP contribution in [0, 0.1) is 0 Å². The minimum Gasteiger partial charge on any atom is -0.368 e. The van der Waals surface area contributed by atoms with E-state index in [1.54, 1.807) is 13.3 Å². The molecule has 0 saturated heterocycles. The number of H-pyrrole nitrogens is 2. The van der Waals surface area contributed by atoms with Crippen LogP contribution in [0.5, 0.6) is 0 Å². The lowest BCUT2D eigenvalue weighted by Gasteiger charge is -2.26. The van der Waals surface area contributed by atoms with Crippen LogP contribution in [-0.4, -0.2) is 36.2 Å². The fourth-order valence-electron chi connectivity index (χ4n) is 4.76. The molecule has 2 atom stereocenters. The second-order valence-electron chi connectivity index (χ2n) is 9.24. The van der Waals surface area contributed by atoms with E-state index in [2.05, 4.69) is 49.1 Å². The minimum atomic E-state index is -1.16. The number of nitrogens with two attached hydrogens (primary N) is 2. The van der Waals surface area contributed by atoms with Gasteiger partial charge < -0.3 is 26.0 Å². The lowest BCUT2D eigenvalue weighted by Crippen LogP contribution is -2.50. The number of aryl methyl sites for hydroxylation is 2. The number of nitrogens with one attached hydrogen (secondary N) is 2. The van der Waals surface area contributed by atoms with Crippen LogP contribution < -0.4 is 11.5 Å². The Balaban J connectivity index is 1.44. The van der Waals surface area contributed by atoms with E-state index in [-0.39, 0.29) is 5.92 Å². The Morgan fingerprint density at radius 2 is 1.65 bits per heavy atom. The van der Waals surface area contributed by atoms with Crippen LogP contribution in [0.25, 0.3) is 21.8 Å². The van der Waals surface area contributed by atoms with E-state index in [0.29, 0.717) is 19.4 Å². The predicted molar refractivity (Wildman–Crippen MR) is 133 cm³/mol. The summed E-state index contributed by atoms with van der Waals surface area (Å²) in [4.78, 5) is 18.7. The summed E-state index contributed by atoms with van der Waals surface area (Å²) in [5, 5.41) is 11.0. The second kappa shape index (κ2) is 8.79. The number of carbonyl (C=O) groups is 1. The van der Waals surface area contributed by atoms with Crippen molar-refractivity contribution in [2.24, 2.45) is 11.5 Å². The van der Waals surface area contributed by atoms with Crippen LogP contribution >= 0.6 is 0 Å². The molecule has 0 bridgehead atoms. The van der Waals surface area contributed by atoms with E-state index in [9.17, 15) is 4.79 Å². The molecule has 0 spiro atoms. The van der Waals surface area contributed by atoms with Crippen LogP contribution in [0.4, 0.5) is 0 Å². The van der Waals surface area contributed by atoms with E-state index < -0.39 is 11.4 Å². The quantitative estimate of drug-likeness (QED) is 0.271. The largest absolute Gasteiger partial charge is 0.368 e. The fraction of sp³-hybridized carbons (Fsp3) is 0.269.